The summed E-state index contributed by atoms with van der Waals surface area (Å²) in [4.78, 5) is 35.2. The molecule has 1 saturated carbocycles. The fraction of sp³-hybridized carbons (Fsp3) is 0.500. The molecule has 1 fully saturated rings. The Hall–Kier alpha value is -2.90. The third-order valence-electron chi connectivity index (χ3n) is 4.23. The SMILES string of the molecule is CC(C)NC(=O)COc1ccc(/C=N\NC(=O)C(=O)NC2CCCCC2)cc1. The highest BCUT2D eigenvalue weighted by atomic mass is 16.5. The third kappa shape index (κ3) is 7.77. The number of rotatable bonds is 7. The first-order valence-electron chi connectivity index (χ1n) is 9.60. The van der Waals surface area contributed by atoms with Crippen LogP contribution in [0.1, 0.15) is 51.5 Å². The van der Waals surface area contributed by atoms with Gasteiger partial charge in [-0.3, -0.25) is 14.4 Å². The minimum absolute atomic E-state index is 0.0578. The smallest absolute Gasteiger partial charge is 0.329 e. The zero-order valence-corrected chi connectivity index (χ0v) is 16.4. The molecular formula is C20H28N4O4. The van der Waals surface area contributed by atoms with E-state index in [1.54, 1.807) is 24.3 Å². The van der Waals surface area contributed by atoms with Crippen LogP contribution in [0.15, 0.2) is 29.4 Å². The van der Waals surface area contributed by atoms with Crippen LogP contribution >= 0.6 is 0 Å². The molecule has 0 atom stereocenters. The summed E-state index contributed by atoms with van der Waals surface area (Å²) >= 11 is 0. The highest BCUT2D eigenvalue weighted by Crippen LogP contribution is 2.17. The maximum absolute atomic E-state index is 11.8. The Bertz CT molecular complexity index is 695. The fourth-order valence-corrected chi connectivity index (χ4v) is 2.88. The highest BCUT2D eigenvalue weighted by Gasteiger charge is 2.19. The second kappa shape index (κ2) is 11.1. The second-order valence-electron chi connectivity index (χ2n) is 7.09. The van der Waals surface area contributed by atoms with Crippen LogP contribution in [0.2, 0.25) is 0 Å². The van der Waals surface area contributed by atoms with Crippen molar-refractivity contribution in [3.63, 3.8) is 0 Å². The van der Waals surface area contributed by atoms with Gasteiger partial charge in [0.25, 0.3) is 5.91 Å². The summed E-state index contributed by atoms with van der Waals surface area (Å²) in [6, 6.07) is 6.99. The van der Waals surface area contributed by atoms with Gasteiger partial charge in [-0.2, -0.15) is 5.10 Å². The normalized spacial score (nSPS) is 14.7. The molecule has 1 aromatic carbocycles. The van der Waals surface area contributed by atoms with E-state index < -0.39 is 11.8 Å². The quantitative estimate of drug-likeness (QED) is 0.373. The van der Waals surface area contributed by atoms with Gasteiger partial charge in [-0.05, 0) is 56.5 Å². The van der Waals surface area contributed by atoms with Crippen molar-refractivity contribution in [2.24, 2.45) is 5.10 Å². The average molecular weight is 388 g/mol. The van der Waals surface area contributed by atoms with Crippen LogP contribution in [0, 0.1) is 0 Å². The maximum Gasteiger partial charge on any atom is 0.329 e. The van der Waals surface area contributed by atoms with E-state index in [2.05, 4.69) is 21.2 Å². The molecule has 0 unspecified atom stereocenters. The van der Waals surface area contributed by atoms with E-state index in [4.69, 9.17) is 4.74 Å². The topological polar surface area (TPSA) is 109 Å². The molecule has 28 heavy (non-hydrogen) atoms. The van der Waals surface area contributed by atoms with Gasteiger partial charge in [0.05, 0.1) is 6.21 Å². The molecule has 8 nitrogen and oxygen atoms in total. The minimum atomic E-state index is -0.780. The van der Waals surface area contributed by atoms with Crippen molar-refractivity contribution in [1.29, 1.82) is 0 Å². The van der Waals surface area contributed by atoms with Crippen molar-refractivity contribution in [3.05, 3.63) is 29.8 Å². The van der Waals surface area contributed by atoms with Crippen LogP contribution in [0.5, 0.6) is 5.75 Å². The van der Waals surface area contributed by atoms with Gasteiger partial charge < -0.3 is 15.4 Å². The van der Waals surface area contributed by atoms with Crippen molar-refractivity contribution in [2.75, 3.05) is 6.61 Å². The zero-order valence-electron chi connectivity index (χ0n) is 16.4. The van der Waals surface area contributed by atoms with Gasteiger partial charge in [-0.25, -0.2) is 5.43 Å². The summed E-state index contributed by atoms with van der Waals surface area (Å²) in [6.45, 7) is 3.70. The molecule has 0 heterocycles. The predicted octanol–water partition coefficient (Wildman–Crippen LogP) is 1.49. The minimum Gasteiger partial charge on any atom is -0.484 e. The first kappa shape index (κ1) is 21.4. The van der Waals surface area contributed by atoms with Crippen molar-refractivity contribution in [1.82, 2.24) is 16.1 Å². The lowest BCUT2D eigenvalue weighted by Crippen LogP contribution is -2.44. The standard InChI is InChI=1S/C20H28N4O4/c1-14(2)22-18(25)13-28-17-10-8-15(9-11-17)12-21-24-20(27)19(26)23-16-6-4-3-5-7-16/h8-12,14,16H,3-7,13H2,1-2H3,(H,22,25)(H,23,26)(H,24,27)/b21-12-. The van der Waals surface area contributed by atoms with E-state index in [0.717, 1.165) is 25.7 Å². The number of nitrogens with one attached hydrogen (secondary N) is 3. The molecule has 3 amide bonds. The number of benzene rings is 1. The highest BCUT2D eigenvalue weighted by molar-refractivity contribution is 6.35. The van der Waals surface area contributed by atoms with Crippen molar-refractivity contribution < 1.29 is 19.1 Å². The Labute approximate surface area is 165 Å². The number of hydrogen-bond acceptors (Lipinski definition) is 5. The lowest BCUT2D eigenvalue weighted by molar-refractivity contribution is -0.139. The van der Waals surface area contributed by atoms with Crippen LogP contribution in [-0.4, -0.2) is 42.6 Å². The van der Waals surface area contributed by atoms with E-state index in [9.17, 15) is 14.4 Å². The summed E-state index contributed by atoms with van der Waals surface area (Å²) in [5.74, 6) is -1.08. The van der Waals surface area contributed by atoms with Crippen molar-refractivity contribution in [3.8, 4) is 5.75 Å². The van der Waals surface area contributed by atoms with Gasteiger partial charge >= 0.3 is 11.8 Å². The summed E-state index contributed by atoms with van der Waals surface area (Å²) in [6.07, 6.45) is 6.59. The molecule has 0 aliphatic heterocycles. The number of nitrogens with zero attached hydrogens (tertiary/aromatic N) is 1. The lowest BCUT2D eigenvalue weighted by atomic mass is 9.95. The summed E-state index contributed by atoms with van der Waals surface area (Å²) in [5.41, 5.74) is 2.94. The van der Waals surface area contributed by atoms with Gasteiger partial charge in [-0.15, -0.1) is 0 Å². The van der Waals surface area contributed by atoms with Crippen LogP contribution in [0.25, 0.3) is 0 Å². The Morgan fingerprint density at radius 3 is 2.43 bits per heavy atom. The van der Waals surface area contributed by atoms with Crippen molar-refractivity contribution in [2.45, 2.75) is 58.0 Å². The van der Waals surface area contributed by atoms with E-state index in [0.29, 0.717) is 11.3 Å². The Morgan fingerprint density at radius 2 is 1.79 bits per heavy atom. The number of amides is 3. The number of hydrazone groups is 1. The lowest BCUT2D eigenvalue weighted by Gasteiger charge is -2.22. The third-order valence-corrected chi connectivity index (χ3v) is 4.23. The molecule has 0 bridgehead atoms. The molecule has 2 rings (SSSR count). The summed E-state index contributed by atoms with van der Waals surface area (Å²) in [5, 5.41) is 9.28. The number of carbonyl (C=O) groups is 3. The van der Waals surface area contributed by atoms with Crippen LogP contribution in [-0.2, 0) is 14.4 Å². The molecule has 1 aliphatic carbocycles. The second-order valence-corrected chi connectivity index (χ2v) is 7.09. The van der Waals surface area contributed by atoms with Crippen LogP contribution in [0.4, 0.5) is 0 Å². The number of ether oxygens (including phenoxy) is 1. The van der Waals surface area contributed by atoms with Crippen LogP contribution in [0.3, 0.4) is 0 Å². The van der Waals surface area contributed by atoms with Crippen molar-refractivity contribution >= 4 is 23.9 Å². The van der Waals surface area contributed by atoms with Gasteiger partial charge in [0.15, 0.2) is 6.61 Å². The van der Waals surface area contributed by atoms with Gasteiger partial charge in [0.1, 0.15) is 5.75 Å². The molecule has 0 saturated heterocycles. The monoisotopic (exact) mass is 388 g/mol. The fourth-order valence-electron chi connectivity index (χ4n) is 2.88. The zero-order chi connectivity index (χ0) is 20.4. The maximum atomic E-state index is 11.8. The Balaban J connectivity index is 1.73. The molecular weight excluding hydrogens is 360 g/mol. The molecule has 1 aromatic rings. The van der Waals surface area contributed by atoms with E-state index in [-0.39, 0.29) is 24.6 Å². The van der Waals surface area contributed by atoms with E-state index in [1.807, 2.05) is 13.8 Å². The average Bonchev–Trinajstić information content (AvgIpc) is 2.67. The number of hydrogen-bond donors (Lipinski definition) is 3. The van der Waals surface area contributed by atoms with E-state index >= 15 is 0 Å². The molecule has 152 valence electrons. The number of carbonyl (C=O) groups excluding carboxylic acids is 3. The molecule has 0 aromatic heterocycles. The summed E-state index contributed by atoms with van der Waals surface area (Å²) < 4.78 is 5.39. The molecule has 1 aliphatic rings. The Morgan fingerprint density at radius 1 is 1.11 bits per heavy atom. The molecule has 0 radical (unpaired) electrons. The molecule has 0 spiro atoms. The largest absolute Gasteiger partial charge is 0.484 e. The predicted molar refractivity (Wildman–Crippen MR) is 106 cm³/mol. The molecule has 3 N–H and O–H groups in total. The van der Waals surface area contributed by atoms with Gasteiger partial charge in [0.2, 0.25) is 0 Å². The first-order valence-corrected chi connectivity index (χ1v) is 9.60. The van der Waals surface area contributed by atoms with E-state index in [1.165, 1.54) is 12.6 Å². The van der Waals surface area contributed by atoms with Crippen LogP contribution < -0.4 is 20.8 Å². The molecule has 8 heteroatoms. The Kier molecular flexibility index (Phi) is 8.45. The first-order chi connectivity index (χ1) is 13.4. The van der Waals surface area contributed by atoms with Gasteiger partial charge in [-0.1, -0.05) is 19.3 Å². The summed E-state index contributed by atoms with van der Waals surface area (Å²) in [7, 11) is 0. The van der Waals surface area contributed by atoms with Gasteiger partial charge in [0, 0.05) is 12.1 Å².